The molecule has 0 saturated carbocycles. The highest BCUT2D eigenvalue weighted by atomic mass is 16.5. The molecular weight excluding hydrogens is 224 g/mol. The third kappa shape index (κ3) is 1.70. The Balaban J connectivity index is 2.14. The predicted molar refractivity (Wildman–Crippen MR) is 71.0 cm³/mol. The van der Waals surface area contributed by atoms with E-state index in [4.69, 9.17) is 4.74 Å². The van der Waals surface area contributed by atoms with Gasteiger partial charge < -0.3 is 4.74 Å². The van der Waals surface area contributed by atoms with Crippen LogP contribution in [0.3, 0.4) is 0 Å². The van der Waals surface area contributed by atoms with Crippen molar-refractivity contribution in [3.8, 4) is 5.75 Å². The van der Waals surface area contributed by atoms with Gasteiger partial charge in [-0.3, -0.25) is 4.79 Å². The van der Waals surface area contributed by atoms with E-state index in [1.807, 2.05) is 30.4 Å². The fraction of sp³-hybridized carbons (Fsp3) is 0.188. The van der Waals surface area contributed by atoms with Crippen LogP contribution in [0.5, 0.6) is 5.75 Å². The van der Waals surface area contributed by atoms with Crippen molar-refractivity contribution in [1.82, 2.24) is 0 Å². The molecule has 18 heavy (non-hydrogen) atoms. The van der Waals surface area contributed by atoms with E-state index in [1.54, 1.807) is 7.11 Å². The molecular formula is C16H14O2. The zero-order valence-corrected chi connectivity index (χ0v) is 10.3. The minimum absolute atomic E-state index is 0.108. The number of carbonyl (C=O) groups is 1. The monoisotopic (exact) mass is 238 g/mol. The van der Waals surface area contributed by atoms with Gasteiger partial charge in [0.1, 0.15) is 5.75 Å². The summed E-state index contributed by atoms with van der Waals surface area (Å²) >= 11 is 0. The summed E-state index contributed by atoms with van der Waals surface area (Å²) in [4.78, 5) is 12.5. The molecule has 0 N–H and O–H groups in total. The topological polar surface area (TPSA) is 26.3 Å². The van der Waals surface area contributed by atoms with Crippen molar-refractivity contribution in [3.63, 3.8) is 0 Å². The first-order chi connectivity index (χ1) is 8.79. The number of hydrogen-bond donors (Lipinski definition) is 0. The molecule has 0 bridgehead atoms. The van der Waals surface area contributed by atoms with Gasteiger partial charge in [0.05, 0.1) is 7.11 Å². The Bertz CT molecular complexity index is 604. The first-order valence-electron chi connectivity index (χ1n) is 6.07. The third-order valence-corrected chi connectivity index (χ3v) is 3.46. The van der Waals surface area contributed by atoms with Gasteiger partial charge in [0, 0.05) is 11.1 Å². The van der Waals surface area contributed by atoms with E-state index in [0.717, 1.165) is 40.9 Å². The molecule has 0 heterocycles. The van der Waals surface area contributed by atoms with Gasteiger partial charge in [0.25, 0.3) is 0 Å². The molecule has 0 spiro atoms. The van der Waals surface area contributed by atoms with Gasteiger partial charge in [0.15, 0.2) is 5.78 Å². The Morgan fingerprint density at radius 1 is 1.22 bits per heavy atom. The summed E-state index contributed by atoms with van der Waals surface area (Å²) < 4.78 is 5.20. The molecule has 0 atom stereocenters. The normalized spacial score (nSPS) is 17.3. The van der Waals surface area contributed by atoms with Crippen LogP contribution in [0.15, 0.2) is 53.6 Å². The second kappa shape index (κ2) is 4.30. The number of methoxy groups -OCH3 is 1. The van der Waals surface area contributed by atoms with Gasteiger partial charge in [-0.25, -0.2) is 0 Å². The lowest BCUT2D eigenvalue weighted by molar-refractivity contribution is 0.103. The third-order valence-electron chi connectivity index (χ3n) is 3.46. The first-order valence-corrected chi connectivity index (χ1v) is 6.07. The fourth-order valence-electron chi connectivity index (χ4n) is 2.44. The molecule has 0 amide bonds. The molecule has 90 valence electrons. The highest BCUT2D eigenvalue weighted by Gasteiger charge is 2.22. The van der Waals surface area contributed by atoms with Crippen molar-refractivity contribution in [1.29, 1.82) is 0 Å². The number of allylic oxidation sites excluding steroid dienone is 6. The summed E-state index contributed by atoms with van der Waals surface area (Å²) in [6, 6.07) is 5.73. The quantitative estimate of drug-likeness (QED) is 0.750. The van der Waals surface area contributed by atoms with Crippen LogP contribution in [0.4, 0.5) is 0 Å². The number of ether oxygens (including phenoxy) is 1. The van der Waals surface area contributed by atoms with Crippen molar-refractivity contribution < 1.29 is 9.53 Å². The Morgan fingerprint density at radius 2 is 2.11 bits per heavy atom. The van der Waals surface area contributed by atoms with Gasteiger partial charge >= 0.3 is 0 Å². The highest BCUT2D eigenvalue weighted by Crippen LogP contribution is 2.30. The van der Waals surface area contributed by atoms with Crippen molar-refractivity contribution in [3.05, 3.63) is 64.8 Å². The zero-order chi connectivity index (χ0) is 12.5. The summed E-state index contributed by atoms with van der Waals surface area (Å²) in [5.74, 6) is 0.842. The molecule has 1 aromatic rings. The lowest BCUT2D eigenvalue weighted by Gasteiger charge is -2.11. The van der Waals surface area contributed by atoms with E-state index in [0.29, 0.717) is 0 Å². The Kier molecular flexibility index (Phi) is 2.63. The van der Waals surface area contributed by atoms with E-state index in [2.05, 4.69) is 12.2 Å². The van der Waals surface area contributed by atoms with Crippen molar-refractivity contribution in [2.24, 2.45) is 0 Å². The van der Waals surface area contributed by atoms with Crippen LogP contribution in [0, 0.1) is 0 Å². The summed E-state index contributed by atoms with van der Waals surface area (Å²) in [5, 5.41) is 0. The molecule has 2 aliphatic rings. The van der Waals surface area contributed by atoms with Crippen LogP contribution in [0.1, 0.15) is 22.3 Å². The highest BCUT2D eigenvalue weighted by molar-refractivity contribution is 6.13. The lowest BCUT2D eigenvalue weighted by Crippen LogP contribution is -2.07. The summed E-state index contributed by atoms with van der Waals surface area (Å²) in [6.45, 7) is 0. The van der Waals surface area contributed by atoms with Crippen LogP contribution in [0.25, 0.3) is 0 Å². The molecule has 0 aromatic heterocycles. The van der Waals surface area contributed by atoms with E-state index in [1.165, 1.54) is 0 Å². The molecule has 0 aliphatic heterocycles. The number of Topliss-reactive ketones (excluding diaryl/α,β-unsaturated/α-hetero) is 1. The number of rotatable bonds is 1. The maximum absolute atomic E-state index is 12.5. The fourth-order valence-corrected chi connectivity index (χ4v) is 2.44. The molecule has 0 radical (unpaired) electrons. The van der Waals surface area contributed by atoms with Crippen LogP contribution in [-0.4, -0.2) is 12.9 Å². The number of benzene rings is 1. The van der Waals surface area contributed by atoms with Crippen LogP contribution in [0.2, 0.25) is 0 Å². The van der Waals surface area contributed by atoms with E-state index >= 15 is 0 Å². The molecule has 0 unspecified atom stereocenters. The Labute approximate surface area is 106 Å². The summed E-state index contributed by atoms with van der Waals surface area (Å²) in [6.07, 6.45) is 9.76. The Morgan fingerprint density at radius 3 is 2.94 bits per heavy atom. The molecule has 1 aromatic carbocycles. The van der Waals surface area contributed by atoms with Gasteiger partial charge in [-0.2, -0.15) is 0 Å². The van der Waals surface area contributed by atoms with Crippen LogP contribution in [-0.2, 0) is 6.42 Å². The number of hydrogen-bond acceptors (Lipinski definition) is 2. The van der Waals surface area contributed by atoms with E-state index < -0.39 is 0 Å². The number of fused-ring (bicyclic) bond motifs is 2. The predicted octanol–water partition coefficient (Wildman–Crippen LogP) is 3.25. The summed E-state index contributed by atoms with van der Waals surface area (Å²) in [5.41, 5.74) is 3.80. The first kappa shape index (κ1) is 11.0. The van der Waals surface area contributed by atoms with Crippen molar-refractivity contribution in [2.75, 3.05) is 7.11 Å². The zero-order valence-electron chi connectivity index (χ0n) is 10.3. The SMILES string of the molecule is COc1ccc2c(c1)C(=O)C1=CC=CCC1=CC2. The average Bonchev–Trinajstić information content (AvgIpc) is 2.57. The van der Waals surface area contributed by atoms with Crippen molar-refractivity contribution in [2.45, 2.75) is 12.8 Å². The second-order valence-electron chi connectivity index (χ2n) is 4.50. The Hall–Kier alpha value is -2.09. The van der Waals surface area contributed by atoms with E-state index in [-0.39, 0.29) is 5.78 Å². The number of carbonyl (C=O) groups excluding carboxylic acids is 1. The average molecular weight is 238 g/mol. The lowest BCUT2D eigenvalue weighted by atomic mass is 9.92. The molecule has 2 nitrogen and oxygen atoms in total. The van der Waals surface area contributed by atoms with Crippen molar-refractivity contribution >= 4 is 5.78 Å². The molecule has 0 fully saturated rings. The minimum Gasteiger partial charge on any atom is -0.497 e. The largest absolute Gasteiger partial charge is 0.497 e. The van der Waals surface area contributed by atoms with Gasteiger partial charge in [-0.05, 0) is 36.1 Å². The minimum atomic E-state index is 0.108. The second-order valence-corrected chi connectivity index (χ2v) is 4.50. The molecule has 3 rings (SSSR count). The van der Waals surface area contributed by atoms with Gasteiger partial charge in [0.2, 0.25) is 0 Å². The molecule has 0 saturated heterocycles. The maximum Gasteiger partial charge on any atom is 0.193 e. The number of ketones is 1. The smallest absolute Gasteiger partial charge is 0.193 e. The van der Waals surface area contributed by atoms with Crippen LogP contribution < -0.4 is 4.74 Å². The summed E-state index contributed by atoms with van der Waals surface area (Å²) in [7, 11) is 1.62. The van der Waals surface area contributed by atoms with E-state index in [9.17, 15) is 4.79 Å². The standard InChI is InChI=1S/C16H14O2/c1-18-13-9-8-12-7-6-11-4-2-3-5-14(11)16(17)15(12)10-13/h2-3,5-6,8-10H,4,7H2,1H3. The maximum atomic E-state index is 12.5. The van der Waals surface area contributed by atoms with Gasteiger partial charge in [-0.1, -0.05) is 30.4 Å². The van der Waals surface area contributed by atoms with Gasteiger partial charge in [-0.15, -0.1) is 0 Å². The molecule has 2 heteroatoms. The van der Waals surface area contributed by atoms with Crippen LogP contribution >= 0.6 is 0 Å². The molecule has 2 aliphatic carbocycles.